The van der Waals surface area contributed by atoms with Crippen molar-refractivity contribution in [3.8, 4) is 5.75 Å². The maximum atomic E-state index is 15.1. The lowest BCUT2D eigenvalue weighted by Gasteiger charge is -2.09. The number of ether oxygens (including phenoxy) is 1. The van der Waals surface area contributed by atoms with Gasteiger partial charge < -0.3 is 4.74 Å². The van der Waals surface area contributed by atoms with Crippen LogP contribution in [-0.2, 0) is 25.7 Å². The van der Waals surface area contributed by atoms with Crippen molar-refractivity contribution in [2.24, 2.45) is 0 Å². The molecule has 0 unspecified atom stereocenters. The fourth-order valence-corrected chi connectivity index (χ4v) is 3.96. The molecular weight excluding hydrogens is 435 g/mol. The molecule has 0 spiro atoms. The average molecular weight is 464 g/mol. The molecule has 4 aromatic rings. The first kappa shape index (κ1) is 23.8. The van der Waals surface area contributed by atoms with Crippen LogP contribution < -0.4 is 4.74 Å². The zero-order chi connectivity index (χ0) is 23.9. The maximum Gasteiger partial charge on any atom is 0.159 e. The largest absolute Gasteiger partial charge is 0.492 e. The summed E-state index contributed by atoms with van der Waals surface area (Å²) in [5, 5.41) is 1.41. The zero-order valence-electron chi connectivity index (χ0n) is 19.3. The van der Waals surface area contributed by atoms with Crippen LogP contribution in [0.1, 0.15) is 42.1 Å². The minimum Gasteiger partial charge on any atom is -0.492 e. The lowest BCUT2D eigenvalue weighted by atomic mass is 9.98. The smallest absolute Gasteiger partial charge is 0.159 e. The topological polar surface area (TPSA) is 22.1 Å². The first-order valence-corrected chi connectivity index (χ1v) is 11.7. The molecule has 4 rings (SSSR count). The van der Waals surface area contributed by atoms with Crippen molar-refractivity contribution in [2.45, 2.75) is 45.4 Å². The molecule has 0 radical (unpaired) electrons. The summed E-state index contributed by atoms with van der Waals surface area (Å²) in [5.41, 5.74) is 3.31. The molecule has 3 aromatic carbocycles. The van der Waals surface area contributed by atoms with Crippen molar-refractivity contribution in [3.05, 3.63) is 107 Å². The van der Waals surface area contributed by atoms with Gasteiger partial charge in [0.1, 0.15) is 11.6 Å². The van der Waals surface area contributed by atoms with Gasteiger partial charge in [-0.2, -0.15) is 0 Å². The zero-order valence-corrected chi connectivity index (χ0v) is 19.3. The van der Waals surface area contributed by atoms with Gasteiger partial charge in [-0.25, -0.2) is 13.2 Å². The van der Waals surface area contributed by atoms with Crippen molar-refractivity contribution in [1.29, 1.82) is 0 Å². The molecule has 1 heterocycles. The quantitative estimate of drug-likeness (QED) is 0.229. The monoisotopic (exact) mass is 463 g/mol. The number of hydrogen-bond donors (Lipinski definition) is 0. The number of rotatable bonds is 10. The van der Waals surface area contributed by atoms with Crippen molar-refractivity contribution >= 4 is 10.8 Å². The lowest BCUT2D eigenvalue weighted by Crippen LogP contribution is -1.99. The molecule has 0 aliphatic heterocycles. The van der Waals surface area contributed by atoms with Gasteiger partial charge in [0.25, 0.3) is 0 Å². The van der Waals surface area contributed by atoms with E-state index in [0.717, 1.165) is 54.1 Å². The molecule has 176 valence electrons. The molecule has 0 N–H and O–H groups in total. The number of fused-ring (bicyclic) bond motifs is 1. The fourth-order valence-electron chi connectivity index (χ4n) is 3.96. The van der Waals surface area contributed by atoms with E-state index in [1.54, 1.807) is 12.3 Å². The van der Waals surface area contributed by atoms with E-state index >= 15 is 4.39 Å². The van der Waals surface area contributed by atoms with E-state index < -0.39 is 11.6 Å². The number of nitrogens with zero attached hydrogens (tertiary/aromatic N) is 1. The molecular formula is C29H28F3NO. The highest BCUT2D eigenvalue weighted by molar-refractivity contribution is 5.84. The molecule has 0 aliphatic rings. The Morgan fingerprint density at radius 1 is 0.765 bits per heavy atom. The van der Waals surface area contributed by atoms with E-state index in [0.29, 0.717) is 36.0 Å². The van der Waals surface area contributed by atoms with E-state index in [9.17, 15) is 8.78 Å². The third-order valence-electron chi connectivity index (χ3n) is 6.00. The second-order valence-corrected chi connectivity index (χ2v) is 8.53. The molecule has 2 nitrogen and oxygen atoms in total. The van der Waals surface area contributed by atoms with Gasteiger partial charge in [0.05, 0.1) is 12.8 Å². The highest BCUT2D eigenvalue weighted by Gasteiger charge is 2.10. The van der Waals surface area contributed by atoms with Crippen LogP contribution in [0.25, 0.3) is 10.8 Å². The highest BCUT2D eigenvalue weighted by atomic mass is 19.2. The van der Waals surface area contributed by atoms with Crippen molar-refractivity contribution in [1.82, 2.24) is 4.98 Å². The predicted octanol–water partition coefficient (Wildman–Crippen LogP) is 7.40. The van der Waals surface area contributed by atoms with Crippen LogP contribution >= 0.6 is 0 Å². The van der Waals surface area contributed by atoms with E-state index in [4.69, 9.17) is 4.74 Å². The average Bonchev–Trinajstić information content (AvgIpc) is 2.85. The van der Waals surface area contributed by atoms with Crippen LogP contribution in [0.3, 0.4) is 0 Å². The van der Waals surface area contributed by atoms with Crippen molar-refractivity contribution in [3.63, 3.8) is 0 Å². The Kier molecular flexibility index (Phi) is 7.84. The van der Waals surface area contributed by atoms with Crippen LogP contribution in [0.5, 0.6) is 5.75 Å². The Bertz CT molecular complexity index is 1250. The normalized spacial score (nSPS) is 11.2. The Labute approximate surface area is 198 Å². The van der Waals surface area contributed by atoms with Crippen LogP contribution in [0.2, 0.25) is 0 Å². The van der Waals surface area contributed by atoms with Gasteiger partial charge >= 0.3 is 0 Å². The lowest BCUT2D eigenvalue weighted by molar-refractivity contribution is 0.308. The minimum absolute atomic E-state index is 0.257. The highest BCUT2D eigenvalue weighted by Crippen LogP contribution is 2.24. The second kappa shape index (κ2) is 11.2. The summed E-state index contributed by atoms with van der Waals surface area (Å²) < 4.78 is 47.3. The molecule has 0 saturated heterocycles. The standard InChI is InChI=1S/C29H28F3NO/c1-2-3-16-34-25-13-12-24(33-19-25)11-5-20-6-14-26-23(17-20)10-9-22(29(26)32)8-4-21-7-15-27(30)28(31)18-21/h6-7,9-10,12-15,17-19H,2-5,8,11,16H2,1H3. The third kappa shape index (κ3) is 5.96. The molecule has 0 bridgehead atoms. The number of pyridine rings is 1. The third-order valence-corrected chi connectivity index (χ3v) is 6.00. The molecule has 0 atom stereocenters. The van der Waals surface area contributed by atoms with Gasteiger partial charge in [-0.3, -0.25) is 4.98 Å². The van der Waals surface area contributed by atoms with Crippen LogP contribution in [-0.4, -0.2) is 11.6 Å². The molecule has 0 fully saturated rings. The summed E-state index contributed by atoms with van der Waals surface area (Å²) in [6, 6.07) is 17.2. The molecule has 0 saturated carbocycles. The van der Waals surface area contributed by atoms with Gasteiger partial charge in [-0.05, 0) is 78.4 Å². The van der Waals surface area contributed by atoms with Crippen molar-refractivity contribution in [2.75, 3.05) is 6.61 Å². The number of halogens is 3. The summed E-state index contributed by atoms with van der Waals surface area (Å²) in [5.74, 6) is -1.22. The number of aromatic nitrogens is 1. The van der Waals surface area contributed by atoms with Crippen LogP contribution in [0, 0.1) is 17.5 Å². The van der Waals surface area contributed by atoms with Crippen LogP contribution in [0.4, 0.5) is 13.2 Å². The van der Waals surface area contributed by atoms with Gasteiger partial charge in [0.15, 0.2) is 11.6 Å². The summed E-state index contributed by atoms with van der Waals surface area (Å²) in [7, 11) is 0. The summed E-state index contributed by atoms with van der Waals surface area (Å²) >= 11 is 0. The van der Waals surface area contributed by atoms with Gasteiger partial charge in [0, 0.05) is 11.1 Å². The van der Waals surface area contributed by atoms with Gasteiger partial charge in [0.2, 0.25) is 0 Å². The summed E-state index contributed by atoms with van der Waals surface area (Å²) in [6.45, 7) is 2.84. The predicted molar refractivity (Wildman–Crippen MR) is 130 cm³/mol. The Balaban J connectivity index is 1.38. The van der Waals surface area contributed by atoms with E-state index in [2.05, 4.69) is 11.9 Å². The summed E-state index contributed by atoms with van der Waals surface area (Å²) in [4.78, 5) is 4.49. The Morgan fingerprint density at radius 3 is 2.32 bits per heavy atom. The summed E-state index contributed by atoms with van der Waals surface area (Å²) in [6.07, 6.45) is 6.34. The number of benzene rings is 3. The van der Waals surface area contributed by atoms with E-state index in [1.165, 1.54) is 12.1 Å². The maximum absolute atomic E-state index is 15.1. The number of hydrogen-bond acceptors (Lipinski definition) is 2. The van der Waals surface area contributed by atoms with Crippen LogP contribution in [0.15, 0.2) is 66.9 Å². The SMILES string of the molecule is CCCCOc1ccc(CCc2ccc3c(F)c(CCc4ccc(F)c(F)c4)ccc3c2)nc1. The fraction of sp³-hybridized carbons (Fsp3) is 0.276. The molecule has 0 aliphatic carbocycles. The number of unbranched alkanes of at least 4 members (excludes halogenated alkanes) is 1. The minimum atomic E-state index is -0.879. The Hall–Kier alpha value is -3.34. The van der Waals surface area contributed by atoms with Gasteiger partial charge in [-0.1, -0.05) is 49.7 Å². The molecule has 5 heteroatoms. The van der Waals surface area contributed by atoms with E-state index in [-0.39, 0.29) is 5.82 Å². The Morgan fingerprint density at radius 2 is 1.56 bits per heavy atom. The first-order valence-electron chi connectivity index (χ1n) is 11.7. The molecule has 1 aromatic heterocycles. The van der Waals surface area contributed by atoms with Gasteiger partial charge in [-0.15, -0.1) is 0 Å². The molecule has 0 amide bonds. The second-order valence-electron chi connectivity index (χ2n) is 8.53. The molecule has 34 heavy (non-hydrogen) atoms. The van der Waals surface area contributed by atoms with E-state index in [1.807, 2.05) is 36.4 Å². The first-order chi connectivity index (χ1) is 16.5. The number of aryl methyl sites for hydroxylation is 4. The van der Waals surface area contributed by atoms with Crippen molar-refractivity contribution < 1.29 is 17.9 Å².